The van der Waals surface area contributed by atoms with Crippen LogP contribution in [0.1, 0.15) is 24.2 Å². The highest BCUT2D eigenvalue weighted by molar-refractivity contribution is 5.52. The van der Waals surface area contributed by atoms with E-state index in [4.69, 9.17) is 4.42 Å². The fourth-order valence-electron chi connectivity index (χ4n) is 3.46. The molecule has 0 unspecified atom stereocenters. The van der Waals surface area contributed by atoms with Crippen LogP contribution in [-0.4, -0.2) is 45.9 Å². The van der Waals surface area contributed by atoms with Crippen LogP contribution < -0.4 is 0 Å². The van der Waals surface area contributed by atoms with Crippen LogP contribution in [0.25, 0.3) is 11.5 Å². The second kappa shape index (κ2) is 7.81. The molecule has 0 spiro atoms. The van der Waals surface area contributed by atoms with Crippen LogP contribution >= 0.6 is 0 Å². The Balaban J connectivity index is 1.32. The zero-order chi connectivity index (χ0) is 17.8. The minimum Gasteiger partial charge on any atom is -0.444 e. The summed E-state index contributed by atoms with van der Waals surface area (Å²) in [6, 6.07) is 14.6. The number of aromatic nitrogens is 2. The van der Waals surface area contributed by atoms with Gasteiger partial charge in [0.1, 0.15) is 6.26 Å². The van der Waals surface area contributed by atoms with Crippen molar-refractivity contribution in [2.24, 2.45) is 0 Å². The lowest BCUT2D eigenvalue weighted by Gasteiger charge is -2.37. The summed E-state index contributed by atoms with van der Waals surface area (Å²) in [6.07, 6.45) is 5.58. The average molecular weight is 348 g/mol. The summed E-state index contributed by atoms with van der Waals surface area (Å²) in [5.74, 6) is 0.699. The quantitative estimate of drug-likeness (QED) is 0.705. The van der Waals surface area contributed by atoms with Gasteiger partial charge in [0.2, 0.25) is 5.89 Å². The van der Waals surface area contributed by atoms with Gasteiger partial charge in [-0.15, -0.1) is 0 Å². The topological polar surface area (TPSA) is 45.4 Å². The molecule has 26 heavy (non-hydrogen) atoms. The van der Waals surface area contributed by atoms with E-state index in [-0.39, 0.29) is 0 Å². The summed E-state index contributed by atoms with van der Waals surface area (Å²) in [6.45, 7) is 7.29. The standard InChI is InChI=1S/C21H24N4O/c1-17(19-8-5-9-22-14-19)25-12-10-24(11-13-25)15-20-16-26-21(23-20)18-6-3-2-4-7-18/h2-9,14,16-17H,10-13,15H2,1H3/t17-/m1/s1. The smallest absolute Gasteiger partial charge is 0.226 e. The molecule has 0 amide bonds. The van der Waals surface area contributed by atoms with Gasteiger partial charge >= 0.3 is 0 Å². The largest absolute Gasteiger partial charge is 0.444 e. The lowest BCUT2D eigenvalue weighted by molar-refractivity contribution is 0.0969. The van der Waals surface area contributed by atoms with Crippen molar-refractivity contribution in [1.82, 2.24) is 19.8 Å². The van der Waals surface area contributed by atoms with Gasteiger partial charge in [-0.05, 0) is 30.7 Å². The molecule has 1 saturated heterocycles. The number of hydrogen-bond acceptors (Lipinski definition) is 5. The Morgan fingerprint density at radius 1 is 1.04 bits per heavy atom. The van der Waals surface area contributed by atoms with Crippen molar-refractivity contribution in [2.75, 3.05) is 26.2 Å². The molecule has 4 rings (SSSR count). The Labute approximate surface area is 154 Å². The van der Waals surface area contributed by atoms with Crippen molar-refractivity contribution < 1.29 is 4.42 Å². The zero-order valence-corrected chi connectivity index (χ0v) is 15.1. The number of hydrogen-bond donors (Lipinski definition) is 0. The van der Waals surface area contributed by atoms with Crippen LogP contribution in [0.5, 0.6) is 0 Å². The molecule has 0 radical (unpaired) electrons. The normalized spacial score (nSPS) is 17.3. The Kier molecular flexibility index (Phi) is 5.09. The molecule has 1 aliphatic heterocycles. The Morgan fingerprint density at radius 3 is 2.58 bits per heavy atom. The third kappa shape index (κ3) is 3.84. The third-order valence-electron chi connectivity index (χ3n) is 5.08. The second-order valence-electron chi connectivity index (χ2n) is 6.78. The first-order valence-corrected chi connectivity index (χ1v) is 9.16. The Bertz CT molecular complexity index is 810. The summed E-state index contributed by atoms with van der Waals surface area (Å²) < 4.78 is 5.65. The zero-order valence-electron chi connectivity index (χ0n) is 15.1. The molecule has 1 atom stereocenters. The monoisotopic (exact) mass is 348 g/mol. The molecule has 134 valence electrons. The molecule has 1 aromatic carbocycles. The van der Waals surface area contributed by atoms with E-state index in [1.165, 1.54) is 5.56 Å². The predicted molar refractivity (Wildman–Crippen MR) is 101 cm³/mol. The van der Waals surface area contributed by atoms with Crippen LogP contribution in [0.3, 0.4) is 0 Å². The van der Waals surface area contributed by atoms with Gasteiger partial charge in [0.05, 0.1) is 5.69 Å². The van der Waals surface area contributed by atoms with Gasteiger partial charge in [0, 0.05) is 56.7 Å². The molecule has 5 heteroatoms. The summed E-state index contributed by atoms with van der Waals surface area (Å²) in [5, 5.41) is 0. The summed E-state index contributed by atoms with van der Waals surface area (Å²) >= 11 is 0. The molecular weight excluding hydrogens is 324 g/mol. The fourth-order valence-corrected chi connectivity index (χ4v) is 3.46. The fraction of sp³-hybridized carbons (Fsp3) is 0.333. The Morgan fingerprint density at radius 2 is 1.85 bits per heavy atom. The van der Waals surface area contributed by atoms with Crippen LogP contribution in [-0.2, 0) is 6.54 Å². The molecule has 1 fully saturated rings. The van der Waals surface area contributed by atoms with Crippen molar-refractivity contribution >= 4 is 0 Å². The molecule has 0 saturated carbocycles. The van der Waals surface area contributed by atoms with Gasteiger partial charge in [-0.2, -0.15) is 0 Å². The first-order chi connectivity index (χ1) is 12.8. The van der Waals surface area contributed by atoms with E-state index in [1.54, 1.807) is 6.26 Å². The molecule has 0 N–H and O–H groups in total. The van der Waals surface area contributed by atoms with E-state index in [2.05, 4.69) is 32.8 Å². The summed E-state index contributed by atoms with van der Waals surface area (Å²) in [5.41, 5.74) is 3.30. The maximum atomic E-state index is 5.65. The van der Waals surface area contributed by atoms with Crippen molar-refractivity contribution in [1.29, 1.82) is 0 Å². The van der Waals surface area contributed by atoms with E-state index in [0.29, 0.717) is 11.9 Å². The highest BCUT2D eigenvalue weighted by Crippen LogP contribution is 2.22. The molecular formula is C21H24N4O. The lowest BCUT2D eigenvalue weighted by Crippen LogP contribution is -2.46. The summed E-state index contributed by atoms with van der Waals surface area (Å²) in [7, 11) is 0. The van der Waals surface area contributed by atoms with E-state index in [0.717, 1.165) is 44.0 Å². The Hall–Kier alpha value is -2.50. The van der Waals surface area contributed by atoms with E-state index in [9.17, 15) is 0 Å². The highest BCUT2D eigenvalue weighted by Gasteiger charge is 2.22. The highest BCUT2D eigenvalue weighted by atomic mass is 16.3. The van der Waals surface area contributed by atoms with Gasteiger partial charge in [0.15, 0.2) is 0 Å². The number of rotatable bonds is 5. The van der Waals surface area contributed by atoms with E-state index in [1.807, 2.05) is 48.8 Å². The molecule has 1 aliphatic rings. The van der Waals surface area contributed by atoms with E-state index < -0.39 is 0 Å². The van der Waals surface area contributed by atoms with Crippen LogP contribution in [0.2, 0.25) is 0 Å². The first-order valence-electron chi connectivity index (χ1n) is 9.16. The van der Waals surface area contributed by atoms with Gasteiger partial charge < -0.3 is 4.42 Å². The van der Waals surface area contributed by atoms with Crippen LogP contribution in [0.15, 0.2) is 65.5 Å². The number of oxazole rings is 1. The van der Waals surface area contributed by atoms with Gasteiger partial charge in [-0.1, -0.05) is 24.3 Å². The number of piperazine rings is 1. The average Bonchev–Trinajstić information content (AvgIpc) is 3.18. The van der Waals surface area contributed by atoms with Gasteiger partial charge in [-0.25, -0.2) is 4.98 Å². The SMILES string of the molecule is C[C@H](c1cccnc1)N1CCN(Cc2coc(-c3ccccc3)n2)CC1. The molecule has 5 nitrogen and oxygen atoms in total. The van der Waals surface area contributed by atoms with E-state index >= 15 is 0 Å². The number of nitrogens with zero attached hydrogens (tertiary/aromatic N) is 4. The molecule has 2 aromatic heterocycles. The van der Waals surface area contributed by atoms with Crippen LogP contribution in [0, 0.1) is 0 Å². The number of benzene rings is 1. The predicted octanol–water partition coefficient (Wildman–Crippen LogP) is 3.62. The summed E-state index contributed by atoms with van der Waals surface area (Å²) in [4.78, 5) is 13.9. The van der Waals surface area contributed by atoms with Crippen molar-refractivity contribution in [3.63, 3.8) is 0 Å². The number of pyridine rings is 1. The van der Waals surface area contributed by atoms with Crippen LogP contribution in [0.4, 0.5) is 0 Å². The minimum absolute atomic E-state index is 0.405. The maximum absolute atomic E-state index is 5.65. The third-order valence-corrected chi connectivity index (χ3v) is 5.08. The van der Waals surface area contributed by atoms with Gasteiger partial charge in [-0.3, -0.25) is 14.8 Å². The minimum atomic E-state index is 0.405. The molecule has 0 aliphatic carbocycles. The van der Waals surface area contributed by atoms with Gasteiger partial charge in [0.25, 0.3) is 0 Å². The molecule has 3 aromatic rings. The van der Waals surface area contributed by atoms with Crippen molar-refractivity contribution in [3.05, 3.63) is 72.4 Å². The first kappa shape index (κ1) is 16.9. The van der Waals surface area contributed by atoms with Crippen molar-refractivity contribution in [3.8, 4) is 11.5 Å². The van der Waals surface area contributed by atoms with Crippen molar-refractivity contribution in [2.45, 2.75) is 19.5 Å². The molecule has 0 bridgehead atoms. The molecule has 3 heterocycles. The lowest BCUT2D eigenvalue weighted by atomic mass is 10.1. The maximum Gasteiger partial charge on any atom is 0.226 e. The second-order valence-corrected chi connectivity index (χ2v) is 6.78.